The lowest BCUT2D eigenvalue weighted by molar-refractivity contribution is -0.161. The maximum atomic E-state index is 12.5. The van der Waals surface area contributed by atoms with Crippen LogP contribution in [0.3, 0.4) is 0 Å². The Balaban J connectivity index is 1.82. The molecule has 0 amide bonds. The van der Waals surface area contributed by atoms with Crippen LogP contribution in [-0.2, 0) is 28.5 Å². The summed E-state index contributed by atoms with van der Waals surface area (Å²) >= 11 is 0. The van der Waals surface area contributed by atoms with E-state index in [1.54, 1.807) is 25.1 Å². The largest absolute Gasteiger partial charge is 0.459 e. The molecule has 0 heterocycles. The van der Waals surface area contributed by atoms with Crippen molar-refractivity contribution in [2.75, 3.05) is 13.6 Å². The van der Waals surface area contributed by atoms with E-state index < -0.39 is 17.9 Å². The SMILES string of the molecule is C=CC(=O)OCOc1ccc(C(=O)OC2CCC(OCOC(=O)C=C)C(C)C2)cc1C. The Morgan fingerprint density at radius 3 is 2.35 bits per heavy atom. The summed E-state index contributed by atoms with van der Waals surface area (Å²) in [6.07, 6.45) is 3.86. The highest BCUT2D eigenvalue weighted by Gasteiger charge is 2.30. The number of hydrogen-bond acceptors (Lipinski definition) is 8. The molecule has 3 atom stereocenters. The van der Waals surface area contributed by atoms with Gasteiger partial charge in [0.15, 0.2) is 6.79 Å². The molecule has 0 bridgehead atoms. The third-order valence-electron chi connectivity index (χ3n) is 4.96. The molecule has 0 aliphatic heterocycles. The van der Waals surface area contributed by atoms with Gasteiger partial charge in [-0.15, -0.1) is 0 Å². The fraction of sp³-hybridized carbons (Fsp3) is 0.435. The lowest BCUT2D eigenvalue weighted by atomic mass is 9.86. The van der Waals surface area contributed by atoms with Crippen LogP contribution in [0.25, 0.3) is 0 Å². The fourth-order valence-corrected chi connectivity index (χ4v) is 3.28. The third kappa shape index (κ3) is 7.57. The van der Waals surface area contributed by atoms with Crippen LogP contribution >= 0.6 is 0 Å². The Hall–Kier alpha value is -3.13. The molecule has 1 aromatic rings. The number of benzene rings is 1. The van der Waals surface area contributed by atoms with Crippen molar-refractivity contribution in [1.82, 2.24) is 0 Å². The van der Waals surface area contributed by atoms with Crippen molar-refractivity contribution in [3.05, 3.63) is 54.6 Å². The minimum Gasteiger partial charge on any atom is -0.459 e. The van der Waals surface area contributed by atoms with Crippen LogP contribution in [0.4, 0.5) is 0 Å². The maximum Gasteiger partial charge on any atom is 0.338 e. The summed E-state index contributed by atoms with van der Waals surface area (Å²) in [4.78, 5) is 34.7. The van der Waals surface area contributed by atoms with E-state index in [4.69, 9.17) is 23.7 Å². The predicted molar refractivity (Wildman–Crippen MR) is 111 cm³/mol. The van der Waals surface area contributed by atoms with Crippen LogP contribution in [0.15, 0.2) is 43.5 Å². The molecular weight excluding hydrogens is 404 g/mol. The monoisotopic (exact) mass is 432 g/mol. The van der Waals surface area contributed by atoms with Gasteiger partial charge < -0.3 is 23.7 Å². The number of aryl methyl sites for hydroxylation is 1. The van der Waals surface area contributed by atoms with Crippen LogP contribution in [0.2, 0.25) is 0 Å². The van der Waals surface area contributed by atoms with E-state index in [0.29, 0.717) is 36.1 Å². The van der Waals surface area contributed by atoms with E-state index in [1.165, 1.54) is 0 Å². The first-order valence-electron chi connectivity index (χ1n) is 9.98. The molecule has 0 aromatic heterocycles. The van der Waals surface area contributed by atoms with Gasteiger partial charge in [0.1, 0.15) is 11.9 Å². The van der Waals surface area contributed by atoms with Gasteiger partial charge in [-0.2, -0.15) is 0 Å². The third-order valence-corrected chi connectivity index (χ3v) is 4.96. The van der Waals surface area contributed by atoms with Crippen LogP contribution in [0.5, 0.6) is 5.75 Å². The molecule has 8 heteroatoms. The molecule has 3 unspecified atom stereocenters. The van der Waals surface area contributed by atoms with Crippen molar-refractivity contribution in [3.8, 4) is 5.75 Å². The van der Waals surface area contributed by atoms with Gasteiger partial charge in [-0.3, -0.25) is 0 Å². The van der Waals surface area contributed by atoms with Gasteiger partial charge in [-0.1, -0.05) is 20.1 Å². The highest BCUT2D eigenvalue weighted by atomic mass is 16.7. The molecule has 1 fully saturated rings. The summed E-state index contributed by atoms with van der Waals surface area (Å²) in [5.41, 5.74) is 1.12. The van der Waals surface area contributed by atoms with Crippen molar-refractivity contribution in [2.24, 2.45) is 5.92 Å². The second kappa shape index (κ2) is 11.9. The van der Waals surface area contributed by atoms with Gasteiger partial charge in [-0.25, -0.2) is 14.4 Å². The van der Waals surface area contributed by atoms with E-state index >= 15 is 0 Å². The van der Waals surface area contributed by atoms with Crippen molar-refractivity contribution in [2.45, 2.75) is 45.3 Å². The van der Waals surface area contributed by atoms with Gasteiger partial charge >= 0.3 is 17.9 Å². The lowest BCUT2D eigenvalue weighted by Gasteiger charge is -2.33. The Morgan fingerprint density at radius 2 is 1.74 bits per heavy atom. The van der Waals surface area contributed by atoms with Gasteiger partial charge in [0, 0.05) is 12.2 Å². The second-order valence-electron chi connectivity index (χ2n) is 7.22. The predicted octanol–water partition coefficient (Wildman–Crippen LogP) is 3.48. The van der Waals surface area contributed by atoms with E-state index in [2.05, 4.69) is 13.2 Å². The standard InChI is InChI=1S/C23H28O8/c1-5-21(24)29-13-27-19-9-7-17(11-15(19)3)23(26)31-18-8-10-20(16(4)12-18)28-14-30-22(25)6-2/h5-7,9,11,16,18,20H,1-2,8,10,12-14H2,3-4H3. The van der Waals surface area contributed by atoms with Gasteiger partial charge in [-0.05, 0) is 55.9 Å². The van der Waals surface area contributed by atoms with Gasteiger partial charge in [0.2, 0.25) is 6.79 Å². The molecule has 2 rings (SSSR count). The molecule has 0 spiro atoms. The zero-order valence-corrected chi connectivity index (χ0v) is 17.8. The molecule has 0 radical (unpaired) electrons. The van der Waals surface area contributed by atoms with E-state index in [9.17, 15) is 14.4 Å². The average molecular weight is 432 g/mol. The quantitative estimate of drug-likeness (QED) is 0.240. The first kappa shape index (κ1) is 24.1. The zero-order valence-electron chi connectivity index (χ0n) is 17.8. The van der Waals surface area contributed by atoms with Crippen molar-refractivity contribution in [3.63, 3.8) is 0 Å². The van der Waals surface area contributed by atoms with Crippen LogP contribution in [0, 0.1) is 12.8 Å². The van der Waals surface area contributed by atoms with E-state index in [-0.39, 0.29) is 31.7 Å². The van der Waals surface area contributed by atoms with Gasteiger partial charge in [0.05, 0.1) is 11.7 Å². The number of ether oxygens (including phenoxy) is 5. The Labute approximate surface area is 181 Å². The first-order valence-corrected chi connectivity index (χ1v) is 9.98. The molecular formula is C23H28O8. The van der Waals surface area contributed by atoms with Crippen molar-refractivity contribution >= 4 is 17.9 Å². The maximum absolute atomic E-state index is 12.5. The summed E-state index contributed by atoms with van der Waals surface area (Å²) in [6.45, 7) is 10.1. The summed E-state index contributed by atoms with van der Waals surface area (Å²) in [7, 11) is 0. The number of rotatable bonds is 10. The minimum absolute atomic E-state index is 0.0681. The highest BCUT2D eigenvalue weighted by molar-refractivity contribution is 5.90. The Kier molecular flexibility index (Phi) is 9.27. The van der Waals surface area contributed by atoms with E-state index in [0.717, 1.165) is 12.2 Å². The number of esters is 3. The average Bonchev–Trinajstić information content (AvgIpc) is 2.75. The van der Waals surface area contributed by atoms with E-state index in [1.807, 2.05) is 6.92 Å². The molecule has 1 saturated carbocycles. The molecule has 1 aromatic carbocycles. The summed E-state index contributed by atoms with van der Waals surface area (Å²) in [5, 5.41) is 0. The first-order chi connectivity index (χ1) is 14.8. The Bertz CT molecular complexity index is 816. The molecule has 168 valence electrons. The van der Waals surface area contributed by atoms with Crippen LogP contribution < -0.4 is 4.74 Å². The van der Waals surface area contributed by atoms with Crippen molar-refractivity contribution < 1.29 is 38.1 Å². The highest BCUT2D eigenvalue weighted by Crippen LogP contribution is 2.29. The summed E-state index contributed by atoms with van der Waals surface area (Å²) < 4.78 is 26.3. The fourth-order valence-electron chi connectivity index (χ4n) is 3.28. The topological polar surface area (TPSA) is 97.4 Å². The van der Waals surface area contributed by atoms with Crippen LogP contribution in [0.1, 0.15) is 42.1 Å². The summed E-state index contributed by atoms with van der Waals surface area (Å²) in [5.74, 6) is -0.879. The molecule has 1 aliphatic rings. The molecule has 31 heavy (non-hydrogen) atoms. The number of carbonyl (C=O) groups is 3. The molecule has 1 aliphatic carbocycles. The Morgan fingerprint density at radius 1 is 1.06 bits per heavy atom. The zero-order chi connectivity index (χ0) is 22.8. The molecule has 8 nitrogen and oxygen atoms in total. The number of hydrogen-bond donors (Lipinski definition) is 0. The molecule has 0 saturated heterocycles. The number of carbonyl (C=O) groups excluding carboxylic acids is 3. The van der Waals surface area contributed by atoms with Gasteiger partial charge in [0.25, 0.3) is 0 Å². The minimum atomic E-state index is -0.579. The smallest absolute Gasteiger partial charge is 0.338 e. The van der Waals surface area contributed by atoms with Crippen LogP contribution in [-0.4, -0.2) is 43.7 Å². The summed E-state index contributed by atoms with van der Waals surface area (Å²) in [6, 6.07) is 4.90. The molecule has 0 N–H and O–H groups in total. The normalized spacial score (nSPS) is 20.3. The van der Waals surface area contributed by atoms with Crippen molar-refractivity contribution in [1.29, 1.82) is 0 Å². The second-order valence-corrected chi connectivity index (χ2v) is 7.22. The lowest BCUT2D eigenvalue weighted by Crippen LogP contribution is -2.35.